The monoisotopic (exact) mass is 492 g/mol. The topological polar surface area (TPSA) is 75.7 Å². The molecule has 2 aromatic rings. The molecule has 2 unspecified atom stereocenters. The van der Waals surface area contributed by atoms with Crippen LogP contribution in [0, 0.1) is 0 Å². The Morgan fingerprint density at radius 2 is 1.93 bits per heavy atom. The highest BCUT2D eigenvalue weighted by Gasteiger charge is 2.37. The van der Waals surface area contributed by atoms with Crippen LogP contribution < -0.4 is 5.32 Å². The molecule has 160 valence electrons. The third kappa shape index (κ3) is 4.61. The van der Waals surface area contributed by atoms with E-state index in [4.69, 9.17) is 4.74 Å². The van der Waals surface area contributed by atoms with Gasteiger partial charge in [-0.05, 0) is 54.7 Å². The van der Waals surface area contributed by atoms with Gasteiger partial charge in [-0.15, -0.1) is 0 Å². The van der Waals surface area contributed by atoms with E-state index in [-0.39, 0.29) is 23.3 Å². The highest BCUT2D eigenvalue weighted by molar-refractivity contribution is 9.10. The summed E-state index contributed by atoms with van der Waals surface area (Å²) in [6, 6.07) is 13.9. The number of fused-ring (bicyclic) bond motifs is 1. The molecule has 2 aliphatic rings. The number of rotatable bonds is 6. The molecule has 6 nitrogen and oxygen atoms in total. The molecule has 1 amide bonds. The first-order valence-corrected chi connectivity index (χ1v) is 12.4. The number of hydrogen-bond acceptors (Lipinski definition) is 4. The summed E-state index contributed by atoms with van der Waals surface area (Å²) in [5.74, 6) is -0.164. The number of nitrogens with zero attached hydrogens (tertiary/aromatic N) is 1. The van der Waals surface area contributed by atoms with Crippen LogP contribution in [-0.2, 0) is 26.0 Å². The third-order valence-electron chi connectivity index (χ3n) is 5.71. The SMILES string of the molecule is O=C(CC1c2ccccc2CCN1S(=O)(=O)c1ccc(Br)cc1)NCC1CCCO1. The van der Waals surface area contributed by atoms with Crippen LogP contribution in [0.1, 0.15) is 36.4 Å². The van der Waals surface area contributed by atoms with Gasteiger partial charge in [-0.1, -0.05) is 40.2 Å². The third-order valence-corrected chi connectivity index (χ3v) is 8.16. The number of nitrogens with one attached hydrogen (secondary N) is 1. The molecular weight excluding hydrogens is 468 g/mol. The second kappa shape index (κ2) is 9.18. The van der Waals surface area contributed by atoms with Crippen molar-refractivity contribution in [2.75, 3.05) is 19.7 Å². The molecule has 0 saturated carbocycles. The van der Waals surface area contributed by atoms with Gasteiger partial charge in [-0.25, -0.2) is 8.42 Å². The van der Waals surface area contributed by atoms with Gasteiger partial charge in [0.25, 0.3) is 0 Å². The maximum atomic E-state index is 13.4. The first-order chi connectivity index (χ1) is 14.4. The van der Waals surface area contributed by atoms with E-state index in [0.717, 1.165) is 35.0 Å². The molecule has 0 aliphatic carbocycles. The van der Waals surface area contributed by atoms with Crippen molar-refractivity contribution < 1.29 is 17.9 Å². The van der Waals surface area contributed by atoms with E-state index >= 15 is 0 Å². The van der Waals surface area contributed by atoms with Gasteiger partial charge in [0.15, 0.2) is 0 Å². The molecule has 2 heterocycles. The molecule has 0 aromatic heterocycles. The van der Waals surface area contributed by atoms with E-state index in [1.54, 1.807) is 24.3 Å². The largest absolute Gasteiger partial charge is 0.376 e. The molecule has 1 N–H and O–H groups in total. The van der Waals surface area contributed by atoms with Crippen molar-refractivity contribution in [1.29, 1.82) is 0 Å². The summed E-state index contributed by atoms with van der Waals surface area (Å²) in [6.45, 7) is 1.54. The predicted octanol–water partition coefficient (Wildman–Crippen LogP) is 3.42. The van der Waals surface area contributed by atoms with Gasteiger partial charge in [0, 0.05) is 30.6 Å². The number of hydrogen-bond donors (Lipinski definition) is 1. The normalized spacial score (nSPS) is 21.9. The van der Waals surface area contributed by atoms with Crippen molar-refractivity contribution in [1.82, 2.24) is 9.62 Å². The Hall–Kier alpha value is -1.74. The maximum Gasteiger partial charge on any atom is 0.243 e. The Balaban J connectivity index is 1.58. The predicted molar refractivity (Wildman–Crippen MR) is 118 cm³/mol. The number of amides is 1. The smallest absolute Gasteiger partial charge is 0.243 e. The summed E-state index contributed by atoms with van der Waals surface area (Å²) < 4.78 is 34.7. The molecule has 0 radical (unpaired) electrons. The zero-order valence-electron chi connectivity index (χ0n) is 16.6. The van der Waals surface area contributed by atoms with E-state index in [2.05, 4.69) is 21.2 Å². The van der Waals surface area contributed by atoms with Crippen LogP contribution >= 0.6 is 15.9 Å². The lowest BCUT2D eigenvalue weighted by Gasteiger charge is -2.36. The van der Waals surface area contributed by atoms with E-state index in [9.17, 15) is 13.2 Å². The second-order valence-electron chi connectivity index (χ2n) is 7.68. The van der Waals surface area contributed by atoms with Gasteiger partial charge in [-0.2, -0.15) is 4.31 Å². The summed E-state index contributed by atoms with van der Waals surface area (Å²) >= 11 is 3.35. The summed E-state index contributed by atoms with van der Waals surface area (Å²) in [4.78, 5) is 13.0. The van der Waals surface area contributed by atoms with Crippen molar-refractivity contribution >= 4 is 31.9 Å². The summed E-state index contributed by atoms with van der Waals surface area (Å²) in [5, 5.41) is 2.93. The molecule has 1 fully saturated rings. The highest BCUT2D eigenvalue weighted by Crippen LogP contribution is 2.36. The van der Waals surface area contributed by atoms with Gasteiger partial charge in [0.05, 0.1) is 17.0 Å². The molecule has 4 rings (SSSR count). The Morgan fingerprint density at radius 3 is 2.67 bits per heavy atom. The van der Waals surface area contributed by atoms with Crippen LogP contribution in [0.4, 0.5) is 0 Å². The summed E-state index contributed by atoms with van der Waals surface area (Å²) in [5.41, 5.74) is 1.99. The zero-order chi connectivity index (χ0) is 21.1. The molecule has 2 atom stereocenters. The number of ether oxygens (including phenoxy) is 1. The van der Waals surface area contributed by atoms with Gasteiger partial charge < -0.3 is 10.1 Å². The fourth-order valence-corrected chi connectivity index (χ4v) is 6.02. The number of sulfonamides is 1. The lowest BCUT2D eigenvalue weighted by atomic mass is 9.92. The molecule has 8 heteroatoms. The van der Waals surface area contributed by atoms with Crippen molar-refractivity contribution in [3.8, 4) is 0 Å². The van der Waals surface area contributed by atoms with Crippen molar-refractivity contribution in [2.45, 2.75) is 42.7 Å². The van der Waals surface area contributed by atoms with E-state index in [0.29, 0.717) is 19.5 Å². The average molecular weight is 493 g/mol. The minimum atomic E-state index is -3.74. The van der Waals surface area contributed by atoms with Gasteiger partial charge >= 0.3 is 0 Å². The lowest BCUT2D eigenvalue weighted by molar-refractivity contribution is -0.122. The highest BCUT2D eigenvalue weighted by atomic mass is 79.9. The van der Waals surface area contributed by atoms with E-state index in [1.165, 1.54) is 4.31 Å². The lowest BCUT2D eigenvalue weighted by Crippen LogP contribution is -2.42. The molecule has 0 spiro atoms. The van der Waals surface area contributed by atoms with Crippen molar-refractivity contribution in [3.63, 3.8) is 0 Å². The quantitative estimate of drug-likeness (QED) is 0.670. The molecule has 0 bridgehead atoms. The molecule has 2 aliphatic heterocycles. The average Bonchev–Trinajstić information content (AvgIpc) is 3.26. The van der Waals surface area contributed by atoms with Gasteiger partial charge in [0.2, 0.25) is 15.9 Å². The molecule has 1 saturated heterocycles. The molecular formula is C22H25BrN2O4S. The standard InChI is InChI=1S/C22H25BrN2O4S/c23-17-7-9-19(10-8-17)30(27,28)25-12-11-16-4-1-2-6-20(16)21(25)14-22(26)24-15-18-5-3-13-29-18/h1-2,4,6-10,18,21H,3,5,11-15H2,(H,24,26). The van der Waals surface area contributed by atoms with Crippen LogP contribution in [0.5, 0.6) is 0 Å². The fraction of sp³-hybridized carbons (Fsp3) is 0.409. The van der Waals surface area contributed by atoms with E-state index in [1.807, 2.05) is 24.3 Å². The Morgan fingerprint density at radius 1 is 1.17 bits per heavy atom. The van der Waals surface area contributed by atoms with Crippen LogP contribution in [0.15, 0.2) is 57.9 Å². The minimum absolute atomic E-state index is 0.0511. The van der Waals surface area contributed by atoms with Crippen LogP contribution in [0.2, 0.25) is 0 Å². The maximum absolute atomic E-state index is 13.4. The number of halogens is 1. The zero-order valence-corrected chi connectivity index (χ0v) is 19.0. The number of benzene rings is 2. The molecule has 2 aromatic carbocycles. The Labute approximate surface area is 185 Å². The summed E-state index contributed by atoms with van der Waals surface area (Å²) in [6.07, 6.45) is 2.71. The Kier molecular flexibility index (Phi) is 6.57. The number of carbonyl (C=O) groups excluding carboxylic acids is 1. The second-order valence-corrected chi connectivity index (χ2v) is 10.5. The van der Waals surface area contributed by atoms with Crippen LogP contribution in [0.3, 0.4) is 0 Å². The minimum Gasteiger partial charge on any atom is -0.376 e. The Bertz CT molecular complexity index is 1000. The van der Waals surface area contributed by atoms with Crippen LogP contribution in [-0.4, -0.2) is 44.4 Å². The van der Waals surface area contributed by atoms with Crippen molar-refractivity contribution in [3.05, 3.63) is 64.1 Å². The fourth-order valence-electron chi connectivity index (χ4n) is 4.15. The van der Waals surface area contributed by atoms with Crippen molar-refractivity contribution in [2.24, 2.45) is 0 Å². The van der Waals surface area contributed by atoms with E-state index < -0.39 is 16.1 Å². The first-order valence-electron chi connectivity index (χ1n) is 10.2. The van der Waals surface area contributed by atoms with Gasteiger partial charge in [-0.3, -0.25) is 4.79 Å². The first kappa shape index (κ1) is 21.5. The number of carbonyl (C=O) groups is 1. The molecule has 30 heavy (non-hydrogen) atoms. The summed E-state index contributed by atoms with van der Waals surface area (Å²) in [7, 11) is -3.74. The van der Waals surface area contributed by atoms with Crippen LogP contribution in [0.25, 0.3) is 0 Å². The van der Waals surface area contributed by atoms with Gasteiger partial charge in [0.1, 0.15) is 0 Å².